The number of rotatable bonds is 6. The van der Waals surface area contributed by atoms with Crippen molar-refractivity contribution in [3.63, 3.8) is 0 Å². The van der Waals surface area contributed by atoms with Crippen molar-refractivity contribution in [3.8, 4) is 5.88 Å². The van der Waals surface area contributed by atoms with Crippen LogP contribution in [0, 0.1) is 12.8 Å². The van der Waals surface area contributed by atoms with E-state index in [9.17, 15) is 19.5 Å². The molecule has 0 atom stereocenters. The SMILES string of the molecule is Cc1ccc(N=C(SCC(=O)NCC(C)C)c2c(O)n(C)c(=O)n(C)c2=O)cc1. The first-order chi connectivity index (χ1) is 13.6. The van der Waals surface area contributed by atoms with Gasteiger partial charge in [-0.1, -0.05) is 43.3 Å². The zero-order chi connectivity index (χ0) is 21.7. The van der Waals surface area contributed by atoms with E-state index in [-0.39, 0.29) is 22.3 Å². The monoisotopic (exact) mass is 418 g/mol. The third kappa shape index (κ3) is 5.60. The topological polar surface area (TPSA) is 106 Å². The molecule has 1 aromatic heterocycles. The Morgan fingerprint density at radius 3 is 2.38 bits per heavy atom. The molecule has 0 aliphatic heterocycles. The fraction of sp³-hybridized carbons (Fsp3) is 0.400. The van der Waals surface area contributed by atoms with Crippen molar-refractivity contribution in [1.82, 2.24) is 14.5 Å². The van der Waals surface area contributed by atoms with Crippen molar-refractivity contribution in [2.24, 2.45) is 25.0 Å². The third-order valence-electron chi connectivity index (χ3n) is 4.16. The summed E-state index contributed by atoms with van der Waals surface area (Å²) in [6.07, 6.45) is 0. The first-order valence-corrected chi connectivity index (χ1v) is 10.1. The van der Waals surface area contributed by atoms with Crippen LogP contribution in [0.2, 0.25) is 0 Å². The maximum Gasteiger partial charge on any atom is 0.333 e. The number of nitrogens with one attached hydrogen (secondary N) is 1. The van der Waals surface area contributed by atoms with Crippen LogP contribution < -0.4 is 16.6 Å². The number of carbonyl (C=O) groups excluding carboxylic acids is 1. The largest absolute Gasteiger partial charge is 0.494 e. The van der Waals surface area contributed by atoms with Crippen molar-refractivity contribution in [3.05, 3.63) is 56.2 Å². The number of amides is 1. The summed E-state index contributed by atoms with van der Waals surface area (Å²) in [6, 6.07) is 7.29. The van der Waals surface area contributed by atoms with Crippen LogP contribution in [0.3, 0.4) is 0 Å². The van der Waals surface area contributed by atoms with Gasteiger partial charge in [0.1, 0.15) is 10.6 Å². The van der Waals surface area contributed by atoms with Crippen molar-refractivity contribution >= 4 is 28.4 Å². The van der Waals surface area contributed by atoms with Crippen molar-refractivity contribution in [2.75, 3.05) is 12.3 Å². The first kappa shape index (κ1) is 22.5. The molecule has 0 unspecified atom stereocenters. The molecule has 0 spiro atoms. The highest BCUT2D eigenvalue weighted by Gasteiger charge is 2.21. The van der Waals surface area contributed by atoms with Crippen LogP contribution in [0.4, 0.5) is 5.69 Å². The van der Waals surface area contributed by atoms with E-state index >= 15 is 0 Å². The second kappa shape index (κ2) is 9.60. The molecule has 0 radical (unpaired) electrons. The van der Waals surface area contributed by atoms with Crippen LogP contribution in [-0.2, 0) is 18.9 Å². The second-order valence-corrected chi connectivity index (χ2v) is 8.11. The minimum atomic E-state index is -0.674. The lowest BCUT2D eigenvalue weighted by molar-refractivity contribution is -0.118. The van der Waals surface area contributed by atoms with Gasteiger partial charge in [-0.25, -0.2) is 9.79 Å². The fourth-order valence-electron chi connectivity index (χ4n) is 2.42. The first-order valence-electron chi connectivity index (χ1n) is 9.16. The molecule has 0 saturated carbocycles. The van der Waals surface area contributed by atoms with Gasteiger partial charge in [0, 0.05) is 20.6 Å². The molecule has 1 heterocycles. The Kier molecular flexibility index (Phi) is 7.44. The van der Waals surface area contributed by atoms with Gasteiger partial charge in [0.25, 0.3) is 5.56 Å². The maximum atomic E-state index is 12.7. The molecule has 9 heteroatoms. The van der Waals surface area contributed by atoms with Gasteiger partial charge in [0.2, 0.25) is 11.8 Å². The zero-order valence-corrected chi connectivity index (χ0v) is 18.0. The summed E-state index contributed by atoms with van der Waals surface area (Å²) in [5.74, 6) is -0.367. The van der Waals surface area contributed by atoms with Gasteiger partial charge < -0.3 is 10.4 Å². The minimum absolute atomic E-state index is 0.0167. The van der Waals surface area contributed by atoms with Crippen molar-refractivity contribution < 1.29 is 9.90 Å². The smallest absolute Gasteiger partial charge is 0.333 e. The van der Waals surface area contributed by atoms with E-state index in [0.717, 1.165) is 26.5 Å². The molecule has 2 rings (SSSR count). The maximum absolute atomic E-state index is 12.7. The number of hydrogen-bond acceptors (Lipinski definition) is 6. The summed E-state index contributed by atoms with van der Waals surface area (Å²) < 4.78 is 1.87. The number of aromatic hydroxyl groups is 1. The molecule has 2 aromatic rings. The van der Waals surface area contributed by atoms with Gasteiger partial charge in [-0.05, 0) is 25.0 Å². The Bertz CT molecular complexity index is 1040. The lowest BCUT2D eigenvalue weighted by Gasteiger charge is -2.13. The quantitative estimate of drug-likeness (QED) is 0.548. The predicted octanol–water partition coefficient (Wildman–Crippen LogP) is 1.68. The van der Waals surface area contributed by atoms with Crippen LogP contribution >= 0.6 is 11.8 Å². The van der Waals surface area contributed by atoms with Gasteiger partial charge in [-0.15, -0.1) is 0 Å². The molecule has 8 nitrogen and oxygen atoms in total. The summed E-state index contributed by atoms with van der Waals surface area (Å²) in [5.41, 5.74) is 0.178. The highest BCUT2D eigenvalue weighted by molar-refractivity contribution is 8.15. The van der Waals surface area contributed by atoms with Gasteiger partial charge in [0.05, 0.1) is 11.4 Å². The molecular formula is C20H26N4O4S. The lowest BCUT2D eigenvalue weighted by atomic mass is 10.2. The van der Waals surface area contributed by atoms with E-state index in [1.807, 2.05) is 32.9 Å². The number of thioether (sulfide) groups is 1. The molecule has 156 valence electrons. The van der Waals surface area contributed by atoms with Gasteiger partial charge in [-0.3, -0.25) is 18.7 Å². The highest BCUT2D eigenvalue weighted by Crippen LogP contribution is 2.23. The van der Waals surface area contributed by atoms with Crippen LogP contribution in [0.5, 0.6) is 5.88 Å². The van der Waals surface area contributed by atoms with Crippen LogP contribution in [0.15, 0.2) is 38.8 Å². The van der Waals surface area contributed by atoms with E-state index in [1.165, 1.54) is 14.1 Å². The number of hydrogen-bond donors (Lipinski definition) is 2. The van der Waals surface area contributed by atoms with Crippen molar-refractivity contribution in [1.29, 1.82) is 0 Å². The Hall–Kier alpha value is -2.81. The molecule has 0 saturated heterocycles. The van der Waals surface area contributed by atoms with Crippen LogP contribution in [0.1, 0.15) is 25.0 Å². The third-order valence-corrected chi connectivity index (χ3v) is 5.13. The van der Waals surface area contributed by atoms with Gasteiger partial charge in [-0.2, -0.15) is 0 Å². The Morgan fingerprint density at radius 1 is 1.17 bits per heavy atom. The number of aliphatic imine (C=N–C) groups is 1. The number of aromatic nitrogens is 2. The highest BCUT2D eigenvalue weighted by atomic mass is 32.2. The van der Waals surface area contributed by atoms with E-state index < -0.39 is 17.1 Å². The van der Waals surface area contributed by atoms with Crippen LogP contribution in [0.25, 0.3) is 0 Å². The van der Waals surface area contributed by atoms with Gasteiger partial charge >= 0.3 is 5.69 Å². The molecule has 2 N–H and O–H groups in total. The van der Waals surface area contributed by atoms with Crippen molar-refractivity contribution in [2.45, 2.75) is 20.8 Å². The number of nitrogens with zero attached hydrogens (tertiary/aromatic N) is 3. The normalized spacial score (nSPS) is 11.7. The molecule has 1 aromatic carbocycles. The lowest BCUT2D eigenvalue weighted by Crippen LogP contribution is -2.40. The summed E-state index contributed by atoms with van der Waals surface area (Å²) in [4.78, 5) is 41.4. The number of aryl methyl sites for hydroxylation is 1. The average Bonchev–Trinajstić information content (AvgIpc) is 2.68. The zero-order valence-electron chi connectivity index (χ0n) is 17.2. The number of benzene rings is 1. The number of carbonyl (C=O) groups is 1. The molecule has 29 heavy (non-hydrogen) atoms. The molecule has 0 bridgehead atoms. The standard InChI is InChI=1S/C20H26N4O4S/c1-12(2)10-21-15(25)11-29-17(22-14-8-6-13(3)7-9-14)16-18(26)23(4)20(28)24(5)19(16)27/h6-9,12,26H,10-11H2,1-5H3,(H,21,25). The predicted molar refractivity (Wildman–Crippen MR) is 116 cm³/mol. The van der Waals surface area contributed by atoms with E-state index in [0.29, 0.717) is 18.2 Å². The summed E-state index contributed by atoms with van der Waals surface area (Å²) in [7, 11) is 2.70. The Balaban J connectivity index is 2.49. The Morgan fingerprint density at radius 2 is 1.79 bits per heavy atom. The van der Waals surface area contributed by atoms with E-state index in [2.05, 4.69) is 10.3 Å². The summed E-state index contributed by atoms with van der Waals surface area (Å²) >= 11 is 1.03. The molecule has 0 aliphatic rings. The van der Waals surface area contributed by atoms with Gasteiger partial charge in [0.15, 0.2) is 0 Å². The summed E-state index contributed by atoms with van der Waals surface area (Å²) in [5, 5.41) is 13.4. The molecule has 1 amide bonds. The average molecular weight is 419 g/mol. The molecule has 0 fully saturated rings. The Labute approximate surface area is 173 Å². The van der Waals surface area contributed by atoms with E-state index in [1.54, 1.807) is 12.1 Å². The fourth-order valence-corrected chi connectivity index (χ4v) is 3.28. The minimum Gasteiger partial charge on any atom is -0.494 e. The molecular weight excluding hydrogens is 392 g/mol. The second-order valence-electron chi connectivity index (χ2n) is 7.14. The summed E-state index contributed by atoms with van der Waals surface area (Å²) in [6.45, 7) is 6.46. The van der Waals surface area contributed by atoms with E-state index in [4.69, 9.17) is 0 Å². The van der Waals surface area contributed by atoms with Crippen LogP contribution in [-0.4, -0.2) is 37.5 Å². The molecule has 0 aliphatic carbocycles.